The molecule has 0 atom stereocenters. The van der Waals surface area contributed by atoms with Gasteiger partial charge in [0.1, 0.15) is 0 Å². The molecule has 3 aromatic rings. The van der Waals surface area contributed by atoms with Crippen LogP contribution in [-0.2, 0) is 16.2 Å². The molecular weight excluding hydrogens is 453 g/mol. The minimum absolute atomic E-state index is 0.151. The molecule has 2 heterocycles. The highest BCUT2D eigenvalue weighted by Crippen LogP contribution is 2.30. The van der Waals surface area contributed by atoms with Crippen LogP contribution < -0.4 is 4.90 Å². The SMILES string of the molecule is Cc1ccc(-c2ccc(N3CCN(S(=O)(=O)c4ccc(C(F)(F)F)cc4)CC3)nn2)cc1C. The third-order valence-electron chi connectivity index (χ3n) is 5.84. The highest BCUT2D eigenvalue weighted by atomic mass is 32.2. The minimum Gasteiger partial charge on any atom is -0.352 e. The van der Waals surface area contributed by atoms with E-state index < -0.39 is 21.8 Å². The summed E-state index contributed by atoms with van der Waals surface area (Å²) < 4.78 is 65.2. The van der Waals surface area contributed by atoms with Gasteiger partial charge in [0.15, 0.2) is 5.82 Å². The summed E-state index contributed by atoms with van der Waals surface area (Å²) in [4.78, 5) is 1.79. The molecule has 174 valence electrons. The molecule has 1 fully saturated rings. The predicted molar refractivity (Wildman–Crippen MR) is 119 cm³/mol. The van der Waals surface area contributed by atoms with E-state index in [2.05, 4.69) is 16.3 Å². The Morgan fingerprint density at radius 2 is 1.48 bits per heavy atom. The Morgan fingerprint density at radius 1 is 0.818 bits per heavy atom. The molecule has 0 spiro atoms. The van der Waals surface area contributed by atoms with Crippen molar-refractivity contribution < 1.29 is 21.6 Å². The Hall–Kier alpha value is -2.98. The van der Waals surface area contributed by atoms with E-state index in [0.717, 1.165) is 35.5 Å². The Kier molecular flexibility index (Phi) is 6.15. The standard InChI is InChI=1S/C23H23F3N4O2S/c1-16-3-4-18(15-17(16)2)21-9-10-22(28-27-21)29-11-13-30(14-12-29)33(31,32)20-7-5-19(6-8-20)23(24,25)26/h3-10,15H,11-14H2,1-2H3. The highest BCUT2D eigenvalue weighted by Gasteiger charge is 2.32. The number of aryl methyl sites for hydroxylation is 2. The maximum absolute atomic E-state index is 12.8. The first-order valence-corrected chi connectivity index (χ1v) is 11.8. The zero-order valence-electron chi connectivity index (χ0n) is 18.2. The molecule has 1 aliphatic rings. The van der Waals surface area contributed by atoms with Crippen molar-refractivity contribution in [1.29, 1.82) is 0 Å². The number of halogens is 3. The normalized spacial score (nSPS) is 15.6. The van der Waals surface area contributed by atoms with Crippen molar-refractivity contribution in [3.05, 3.63) is 71.3 Å². The van der Waals surface area contributed by atoms with Gasteiger partial charge < -0.3 is 4.90 Å². The van der Waals surface area contributed by atoms with Crippen molar-refractivity contribution >= 4 is 15.8 Å². The van der Waals surface area contributed by atoms with E-state index in [0.29, 0.717) is 18.9 Å². The van der Waals surface area contributed by atoms with Gasteiger partial charge in [0.25, 0.3) is 0 Å². The molecular formula is C23H23F3N4O2S. The topological polar surface area (TPSA) is 66.4 Å². The maximum Gasteiger partial charge on any atom is 0.416 e. The largest absolute Gasteiger partial charge is 0.416 e. The summed E-state index contributed by atoms with van der Waals surface area (Å²) in [6.45, 7) is 5.28. The molecule has 0 unspecified atom stereocenters. The van der Waals surface area contributed by atoms with Crippen LogP contribution in [0.25, 0.3) is 11.3 Å². The first kappa shape index (κ1) is 23.2. The van der Waals surface area contributed by atoms with Gasteiger partial charge in [-0.05, 0) is 67.4 Å². The van der Waals surface area contributed by atoms with E-state index in [1.807, 2.05) is 43.0 Å². The molecule has 0 aliphatic carbocycles. The van der Waals surface area contributed by atoms with Gasteiger partial charge in [-0.3, -0.25) is 0 Å². The lowest BCUT2D eigenvalue weighted by Gasteiger charge is -2.34. The molecule has 0 N–H and O–H groups in total. The second-order valence-electron chi connectivity index (χ2n) is 7.99. The Morgan fingerprint density at radius 3 is 2.03 bits per heavy atom. The molecule has 2 aromatic carbocycles. The number of benzene rings is 2. The fourth-order valence-electron chi connectivity index (χ4n) is 3.67. The molecule has 1 aliphatic heterocycles. The van der Waals surface area contributed by atoms with Gasteiger partial charge in [0.05, 0.1) is 16.2 Å². The lowest BCUT2D eigenvalue weighted by molar-refractivity contribution is -0.137. The van der Waals surface area contributed by atoms with Crippen LogP contribution in [-0.4, -0.2) is 49.1 Å². The van der Waals surface area contributed by atoms with Gasteiger partial charge in [0, 0.05) is 31.7 Å². The van der Waals surface area contributed by atoms with Crippen LogP contribution in [0, 0.1) is 13.8 Å². The summed E-state index contributed by atoms with van der Waals surface area (Å²) in [7, 11) is -3.88. The number of hydrogen-bond acceptors (Lipinski definition) is 5. The van der Waals surface area contributed by atoms with E-state index >= 15 is 0 Å². The molecule has 0 saturated carbocycles. The number of alkyl halides is 3. The summed E-state index contributed by atoms with van der Waals surface area (Å²) >= 11 is 0. The average molecular weight is 477 g/mol. The molecule has 1 aromatic heterocycles. The summed E-state index contributed by atoms with van der Waals surface area (Å²) in [5.41, 5.74) is 3.22. The summed E-state index contributed by atoms with van der Waals surface area (Å²) in [5, 5.41) is 8.63. The molecule has 6 nitrogen and oxygen atoms in total. The molecule has 33 heavy (non-hydrogen) atoms. The molecule has 0 bridgehead atoms. The second-order valence-corrected chi connectivity index (χ2v) is 9.93. The van der Waals surface area contributed by atoms with Gasteiger partial charge in [-0.2, -0.15) is 17.5 Å². The van der Waals surface area contributed by atoms with Gasteiger partial charge in [-0.1, -0.05) is 12.1 Å². The number of aromatic nitrogens is 2. The van der Waals surface area contributed by atoms with Gasteiger partial charge in [-0.15, -0.1) is 10.2 Å². The molecule has 0 amide bonds. The summed E-state index contributed by atoms with van der Waals surface area (Å²) in [6.07, 6.45) is -4.51. The quantitative estimate of drug-likeness (QED) is 0.562. The molecule has 4 rings (SSSR count). The van der Waals surface area contributed by atoms with Gasteiger partial charge in [0.2, 0.25) is 10.0 Å². The average Bonchev–Trinajstić information content (AvgIpc) is 2.80. The van der Waals surface area contributed by atoms with Crippen LogP contribution in [0.5, 0.6) is 0 Å². The summed E-state index contributed by atoms with van der Waals surface area (Å²) in [5.74, 6) is 0.647. The highest BCUT2D eigenvalue weighted by molar-refractivity contribution is 7.89. The lowest BCUT2D eigenvalue weighted by Crippen LogP contribution is -2.49. The first-order chi connectivity index (χ1) is 15.6. The van der Waals surface area contributed by atoms with E-state index in [1.54, 1.807) is 0 Å². The zero-order chi connectivity index (χ0) is 23.8. The van der Waals surface area contributed by atoms with Crippen molar-refractivity contribution in [3.8, 4) is 11.3 Å². The van der Waals surface area contributed by atoms with Crippen molar-refractivity contribution in [2.24, 2.45) is 0 Å². The Labute approximate surface area is 190 Å². The first-order valence-electron chi connectivity index (χ1n) is 10.4. The third kappa shape index (κ3) is 4.86. The van der Waals surface area contributed by atoms with E-state index in [4.69, 9.17) is 0 Å². The second kappa shape index (κ2) is 8.75. The van der Waals surface area contributed by atoms with Crippen LogP contribution in [0.2, 0.25) is 0 Å². The predicted octanol–water partition coefficient (Wildman–Crippen LogP) is 4.29. The molecule has 1 saturated heterocycles. The number of hydrogen-bond donors (Lipinski definition) is 0. The zero-order valence-corrected chi connectivity index (χ0v) is 19.0. The number of anilines is 1. The summed E-state index contributed by atoms with van der Waals surface area (Å²) in [6, 6.07) is 13.4. The van der Waals surface area contributed by atoms with E-state index in [-0.39, 0.29) is 18.0 Å². The lowest BCUT2D eigenvalue weighted by atomic mass is 10.0. The Balaban J connectivity index is 1.42. The van der Waals surface area contributed by atoms with Crippen molar-refractivity contribution in [2.45, 2.75) is 24.9 Å². The number of piperazine rings is 1. The van der Waals surface area contributed by atoms with Gasteiger partial charge in [-0.25, -0.2) is 8.42 Å². The van der Waals surface area contributed by atoms with Gasteiger partial charge >= 0.3 is 6.18 Å². The van der Waals surface area contributed by atoms with Crippen LogP contribution in [0.4, 0.5) is 19.0 Å². The number of nitrogens with zero attached hydrogens (tertiary/aromatic N) is 4. The van der Waals surface area contributed by atoms with Crippen molar-refractivity contribution in [2.75, 3.05) is 31.1 Å². The van der Waals surface area contributed by atoms with E-state index in [9.17, 15) is 21.6 Å². The van der Waals surface area contributed by atoms with Crippen molar-refractivity contribution in [1.82, 2.24) is 14.5 Å². The van der Waals surface area contributed by atoms with Crippen LogP contribution in [0.3, 0.4) is 0 Å². The van der Waals surface area contributed by atoms with Crippen LogP contribution in [0.15, 0.2) is 59.5 Å². The maximum atomic E-state index is 12.8. The smallest absolute Gasteiger partial charge is 0.352 e. The monoisotopic (exact) mass is 476 g/mol. The van der Waals surface area contributed by atoms with Crippen LogP contribution >= 0.6 is 0 Å². The minimum atomic E-state index is -4.51. The molecule has 10 heteroatoms. The fourth-order valence-corrected chi connectivity index (χ4v) is 5.09. The van der Waals surface area contributed by atoms with Crippen LogP contribution in [0.1, 0.15) is 16.7 Å². The molecule has 0 radical (unpaired) electrons. The number of sulfonamides is 1. The van der Waals surface area contributed by atoms with Crippen molar-refractivity contribution in [3.63, 3.8) is 0 Å². The van der Waals surface area contributed by atoms with E-state index in [1.165, 1.54) is 15.4 Å². The fraction of sp³-hybridized carbons (Fsp3) is 0.304. The number of rotatable bonds is 4. The third-order valence-corrected chi connectivity index (χ3v) is 7.75. The Bertz CT molecular complexity index is 1240.